The van der Waals surface area contributed by atoms with E-state index in [4.69, 9.17) is 4.74 Å². The summed E-state index contributed by atoms with van der Waals surface area (Å²) in [5, 5.41) is 11.0. The van der Waals surface area contributed by atoms with Crippen LogP contribution >= 0.6 is 0 Å². The third-order valence-electron chi connectivity index (χ3n) is 3.92. The number of rotatable bonds is 7. The van der Waals surface area contributed by atoms with Crippen molar-refractivity contribution in [2.75, 3.05) is 11.9 Å². The second-order valence-corrected chi connectivity index (χ2v) is 5.96. The minimum Gasteiger partial charge on any atom is -0.494 e. The zero-order chi connectivity index (χ0) is 19.2. The second-order valence-electron chi connectivity index (χ2n) is 5.96. The number of ketones is 1. The summed E-state index contributed by atoms with van der Waals surface area (Å²) in [5.74, 6) is 1.02. The zero-order valence-electron chi connectivity index (χ0n) is 15.2. The first-order valence-corrected chi connectivity index (χ1v) is 8.61. The quantitative estimate of drug-likeness (QED) is 0.625. The van der Waals surface area contributed by atoms with Gasteiger partial charge in [-0.3, -0.25) is 14.6 Å². The fourth-order valence-electron chi connectivity index (χ4n) is 2.52. The van der Waals surface area contributed by atoms with Crippen LogP contribution in [-0.4, -0.2) is 27.6 Å². The van der Waals surface area contributed by atoms with E-state index in [9.17, 15) is 9.59 Å². The van der Waals surface area contributed by atoms with Crippen LogP contribution in [0.25, 0.3) is 0 Å². The van der Waals surface area contributed by atoms with Crippen molar-refractivity contribution < 1.29 is 9.53 Å². The molecule has 0 spiro atoms. The third kappa shape index (κ3) is 4.78. The van der Waals surface area contributed by atoms with Gasteiger partial charge in [0.25, 0.3) is 5.56 Å². The highest BCUT2D eigenvalue weighted by molar-refractivity contribution is 5.94. The summed E-state index contributed by atoms with van der Waals surface area (Å²) in [6, 6.07) is 14.4. The summed E-state index contributed by atoms with van der Waals surface area (Å²) in [6.45, 7) is 4.04. The van der Waals surface area contributed by atoms with Gasteiger partial charge in [0.15, 0.2) is 5.78 Å². The number of benzene rings is 2. The summed E-state index contributed by atoms with van der Waals surface area (Å²) in [5.41, 5.74) is 2.28. The third-order valence-corrected chi connectivity index (χ3v) is 3.92. The molecule has 3 rings (SSSR count). The molecule has 3 aromatic rings. The summed E-state index contributed by atoms with van der Waals surface area (Å²) in [4.78, 5) is 26.3. The van der Waals surface area contributed by atoms with E-state index in [1.54, 1.807) is 24.3 Å². The fourth-order valence-corrected chi connectivity index (χ4v) is 2.52. The molecule has 2 aromatic carbocycles. The summed E-state index contributed by atoms with van der Waals surface area (Å²) < 4.78 is 5.40. The molecule has 1 aromatic heterocycles. The normalized spacial score (nSPS) is 10.4. The molecule has 0 atom stereocenters. The van der Waals surface area contributed by atoms with E-state index in [1.165, 1.54) is 6.92 Å². The Hall–Kier alpha value is -3.48. The molecule has 2 N–H and O–H groups in total. The van der Waals surface area contributed by atoms with Gasteiger partial charge in [-0.25, -0.2) is 0 Å². The van der Waals surface area contributed by atoms with Gasteiger partial charge >= 0.3 is 0 Å². The Morgan fingerprint density at radius 3 is 2.37 bits per heavy atom. The van der Waals surface area contributed by atoms with Gasteiger partial charge in [0.05, 0.1) is 6.61 Å². The molecular weight excluding hydrogens is 344 g/mol. The van der Waals surface area contributed by atoms with Crippen molar-refractivity contribution in [3.63, 3.8) is 0 Å². The van der Waals surface area contributed by atoms with E-state index >= 15 is 0 Å². The maximum Gasteiger partial charge on any atom is 0.274 e. The van der Waals surface area contributed by atoms with Crippen LogP contribution in [0, 0.1) is 0 Å². The molecule has 0 aliphatic rings. The lowest BCUT2D eigenvalue weighted by molar-refractivity contribution is 0.101. The number of nitrogens with one attached hydrogen (secondary N) is 2. The largest absolute Gasteiger partial charge is 0.494 e. The number of H-pyrrole nitrogens is 1. The Morgan fingerprint density at radius 2 is 1.78 bits per heavy atom. The maximum atomic E-state index is 12.3. The van der Waals surface area contributed by atoms with Gasteiger partial charge < -0.3 is 10.1 Å². The number of aromatic amines is 1. The van der Waals surface area contributed by atoms with Crippen LogP contribution in [0.3, 0.4) is 0 Å². The van der Waals surface area contributed by atoms with Crippen LogP contribution in [0.5, 0.6) is 5.75 Å². The van der Waals surface area contributed by atoms with Crippen LogP contribution in [0.2, 0.25) is 0 Å². The highest BCUT2D eigenvalue weighted by atomic mass is 16.5. The molecule has 0 radical (unpaired) electrons. The van der Waals surface area contributed by atoms with E-state index in [2.05, 4.69) is 20.5 Å². The number of Topliss-reactive ketones (excluding diaryl/α,β-unsaturated/α-hetero) is 1. The Morgan fingerprint density at radius 1 is 1.07 bits per heavy atom. The number of hydrogen-bond donors (Lipinski definition) is 2. The van der Waals surface area contributed by atoms with Crippen molar-refractivity contribution in [1.82, 2.24) is 15.2 Å². The molecule has 0 unspecified atom stereocenters. The first kappa shape index (κ1) is 18.3. The van der Waals surface area contributed by atoms with Crippen molar-refractivity contribution in [3.8, 4) is 5.75 Å². The Bertz CT molecular complexity index is 979. The lowest BCUT2D eigenvalue weighted by atomic mass is 10.1. The average molecular weight is 364 g/mol. The first-order chi connectivity index (χ1) is 13.0. The SMILES string of the molecule is CCOc1ccc(Cc2nnc(Nc3ccc(C(C)=O)cc3)[nH]c2=O)cc1. The minimum absolute atomic E-state index is 0.00612. The second kappa shape index (κ2) is 8.27. The summed E-state index contributed by atoms with van der Waals surface area (Å²) >= 11 is 0. The van der Waals surface area contributed by atoms with Gasteiger partial charge in [0, 0.05) is 17.7 Å². The smallest absolute Gasteiger partial charge is 0.274 e. The van der Waals surface area contributed by atoms with Gasteiger partial charge in [0.1, 0.15) is 11.4 Å². The fraction of sp³-hybridized carbons (Fsp3) is 0.200. The molecule has 1 heterocycles. The molecule has 7 nitrogen and oxygen atoms in total. The highest BCUT2D eigenvalue weighted by Gasteiger charge is 2.07. The molecule has 0 aliphatic carbocycles. The number of carbonyl (C=O) groups excluding carboxylic acids is 1. The van der Waals surface area contributed by atoms with E-state index in [0.717, 1.165) is 11.3 Å². The predicted octanol–water partition coefficient (Wildman–Crippen LogP) is 3.10. The van der Waals surface area contributed by atoms with E-state index in [0.29, 0.717) is 30.0 Å². The van der Waals surface area contributed by atoms with E-state index < -0.39 is 0 Å². The number of carbonyl (C=O) groups is 1. The van der Waals surface area contributed by atoms with Crippen LogP contribution in [-0.2, 0) is 6.42 Å². The number of ether oxygens (including phenoxy) is 1. The molecular formula is C20H20N4O3. The van der Waals surface area contributed by atoms with Crippen molar-refractivity contribution in [1.29, 1.82) is 0 Å². The van der Waals surface area contributed by atoms with E-state index in [1.807, 2.05) is 31.2 Å². The standard InChI is InChI=1S/C20H20N4O3/c1-3-27-17-10-4-14(5-11-17)12-18-19(26)22-20(24-23-18)21-16-8-6-15(7-9-16)13(2)25/h4-11H,3,12H2,1-2H3,(H2,21,22,24,26). The number of nitrogens with zero attached hydrogens (tertiary/aromatic N) is 2. The molecule has 138 valence electrons. The molecule has 27 heavy (non-hydrogen) atoms. The van der Waals surface area contributed by atoms with Crippen molar-refractivity contribution in [3.05, 3.63) is 75.7 Å². The van der Waals surface area contributed by atoms with Crippen LogP contribution in [0.4, 0.5) is 11.6 Å². The number of anilines is 2. The Balaban J connectivity index is 1.69. The lowest BCUT2D eigenvalue weighted by Crippen LogP contribution is -2.18. The average Bonchev–Trinajstić information content (AvgIpc) is 2.66. The van der Waals surface area contributed by atoms with Crippen molar-refractivity contribution in [2.45, 2.75) is 20.3 Å². The molecule has 0 amide bonds. The molecule has 0 fully saturated rings. The highest BCUT2D eigenvalue weighted by Crippen LogP contribution is 2.15. The topological polar surface area (TPSA) is 97.0 Å². The van der Waals surface area contributed by atoms with Gasteiger partial charge in [-0.1, -0.05) is 12.1 Å². The zero-order valence-corrected chi connectivity index (χ0v) is 15.2. The monoisotopic (exact) mass is 364 g/mol. The maximum absolute atomic E-state index is 12.3. The lowest BCUT2D eigenvalue weighted by Gasteiger charge is -2.07. The van der Waals surface area contributed by atoms with Crippen LogP contribution < -0.4 is 15.6 Å². The Labute approximate surface area is 156 Å². The molecule has 7 heteroatoms. The number of hydrogen-bond acceptors (Lipinski definition) is 6. The predicted molar refractivity (Wildman–Crippen MR) is 103 cm³/mol. The van der Waals surface area contributed by atoms with Crippen LogP contribution in [0.15, 0.2) is 53.3 Å². The summed E-state index contributed by atoms with van der Waals surface area (Å²) in [6.07, 6.45) is 0.377. The molecule has 0 bridgehead atoms. The molecule has 0 saturated carbocycles. The van der Waals surface area contributed by atoms with Crippen LogP contribution in [0.1, 0.15) is 35.5 Å². The van der Waals surface area contributed by atoms with Gasteiger partial charge in [-0.15, -0.1) is 10.2 Å². The van der Waals surface area contributed by atoms with Crippen molar-refractivity contribution >= 4 is 17.4 Å². The summed E-state index contributed by atoms with van der Waals surface area (Å²) in [7, 11) is 0. The van der Waals surface area contributed by atoms with Gasteiger partial charge in [-0.05, 0) is 55.8 Å². The first-order valence-electron chi connectivity index (χ1n) is 8.61. The van der Waals surface area contributed by atoms with Crippen molar-refractivity contribution in [2.24, 2.45) is 0 Å². The Kier molecular flexibility index (Phi) is 5.61. The number of aromatic nitrogens is 3. The van der Waals surface area contributed by atoms with E-state index in [-0.39, 0.29) is 17.3 Å². The molecule has 0 aliphatic heterocycles. The minimum atomic E-state index is -0.304. The molecule has 0 saturated heterocycles. The van der Waals surface area contributed by atoms with Gasteiger partial charge in [-0.2, -0.15) is 0 Å². The van der Waals surface area contributed by atoms with Gasteiger partial charge in [0.2, 0.25) is 5.95 Å².